The number of anilines is 2. The van der Waals surface area contributed by atoms with Crippen LogP contribution in [-0.4, -0.2) is 32.9 Å². The van der Waals surface area contributed by atoms with E-state index in [4.69, 9.17) is 15.2 Å². The van der Waals surface area contributed by atoms with E-state index >= 15 is 0 Å². The Morgan fingerprint density at radius 3 is 2.38 bits per heavy atom. The molecule has 0 spiro atoms. The topological polar surface area (TPSA) is 47.7 Å². The monoisotopic (exact) mass is 294 g/mol. The van der Waals surface area contributed by atoms with Gasteiger partial charge in [0.1, 0.15) is 5.75 Å². The molecule has 0 saturated carbocycles. The van der Waals surface area contributed by atoms with Gasteiger partial charge in [-0.15, -0.1) is 0 Å². The van der Waals surface area contributed by atoms with Crippen LogP contribution in [0.5, 0.6) is 5.75 Å². The first-order valence-electron chi connectivity index (χ1n) is 7.95. The molecule has 0 unspecified atom stereocenters. The Hall–Kier alpha value is -1.42. The van der Waals surface area contributed by atoms with Crippen molar-refractivity contribution in [1.82, 2.24) is 0 Å². The van der Waals surface area contributed by atoms with Gasteiger partial charge in [-0.3, -0.25) is 0 Å². The van der Waals surface area contributed by atoms with Crippen LogP contribution in [0.1, 0.15) is 40.0 Å². The van der Waals surface area contributed by atoms with Crippen molar-refractivity contribution in [3.63, 3.8) is 0 Å². The quantitative estimate of drug-likeness (QED) is 0.668. The van der Waals surface area contributed by atoms with Crippen LogP contribution >= 0.6 is 0 Å². The van der Waals surface area contributed by atoms with Crippen molar-refractivity contribution < 1.29 is 9.47 Å². The van der Waals surface area contributed by atoms with Crippen LogP contribution in [0.3, 0.4) is 0 Å². The predicted molar refractivity (Wildman–Crippen MR) is 90.2 cm³/mol. The first-order valence-corrected chi connectivity index (χ1v) is 7.95. The van der Waals surface area contributed by atoms with Crippen LogP contribution in [-0.2, 0) is 4.74 Å². The third-order valence-corrected chi connectivity index (χ3v) is 3.64. The molecule has 0 atom stereocenters. The van der Waals surface area contributed by atoms with Gasteiger partial charge in [0.15, 0.2) is 0 Å². The number of nitrogen functional groups attached to an aromatic ring is 1. The van der Waals surface area contributed by atoms with Crippen LogP contribution in [0.15, 0.2) is 18.2 Å². The predicted octanol–water partition coefficient (Wildman–Crippen LogP) is 3.70. The third kappa shape index (κ3) is 5.46. The number of hydrogen-bond donors (Lipinski definition) is 1. The lowest BCUT2D eigenvalue weighted by molar-refractivity contribution is 0.202. The highest BCUT2D eigenvalue weighted by Crippen LogP contribution is 2.28. The number of methoxy groups -OCH3 is 1. The maximum absolute atomic E-state index is 6.04. The molecule has 0 heterocycles. The molecule has 0 aliphatic rings. The summed E-state index contributed by atoms with van der Waals surface area (Å²) in [5.74, 6) is 0.847. The van der Waals surface area contributed by atoms with Gasteiger partial charge in [0.05, 0.1) is 13.2 Å². The summed E-state index contributed by atoms with van der Waals surface area (Å²) in [6.07, 6.45) is 3.18. The molecule has 0 amide bonds. The number of nitrogens with zero attached hydrogens (tertiary/aromatic N) is 1. The van der Waals surface area contributed by atoms with E-state index in [1.807, 2.05) is 12.1 Å². The molecule has 21 heavy (non-hydrogen) atoms. The molecule has 1 aromatic rings. The van der Waals surface area contributed by atoms with Crippen LogP contribution in [0, 0.1) is 0 Å². The molecule has 4 heteroatoms. The van der Waals surface area contributed by atoms with Gasteiger partial charge in [-0.25, -0.2) is 0 Å². The normalized spacial score (nSPS) is 10.9. The van der Waals surface area contributed by atoms with Crippen molar-refractivity contribution in [3.05, 3.63) is 18.2 Å². The number of benzene rings is 1. The highest BCUT2D eigenvalue weighted by atomic mass is 16.5. The van der Waals surface area contributed by atoms with E-state index in [9.17, 15) is 0 Å². The van der Waals surface area contributed by atoms with Gasteiger partial charge in [-0.1, -0.05) is 20.8 Å². The lowest BCUT2D eigenvalue weighted by atomic mass is 10.1. The highest BCUT2D eigenvalue weighted by molar-refractivity contribution is 5.61. The van der Waals surface area contributed by atoms with Crippen molar-refractivity contribution >= 4 is 11.4 Å². The van der Waals surface area contributed by atoms with E-state index in [1.54, 1.807) is 7.11 Å². The Labute approximate surface area is 129 Å². The smallest absolute Gasteiger partial charge is 0.123 e. The van der Waals surface area contributed by atoms with Crippen LogP contribution in [0.4, 0.5) is 11.4 Å². The summed E-state index contributed by atoms with van der Waals surface area (Å²) >= 11 is 0. The summed E-state index contributed by atoms with van der Waals surface area (Å²) in [5, 5.41) is 0. The van der Waals surface area contributed by atoms with Gasteiger partial charge in [-0.2, -0.15) is 0 Å². The second-order valence-corrected chi connectivity index (χ2v) is 5.27. The average Bonchev–Trinajstić information content (AvgIpc) is 2.48. The average molecular weight is 294 g/mol. The molecule has 0 aliphatic heterocycles. The Morgan fingerprint density at radius 2 is 1.81 bits per heavy atom. The zero-order valence-electron chi connectivity index (χ0n) is 13.9. The Morgan fingerprint density at radius 1 is 1.10 bits per heavy atom. The molecule has 0 aliphatic carbocycles. The molecule has 0 fully saturated rings. The molecule has 4 nitrogen and oxygen atoms in total. The van der Waals surface area contributed by atoms with Gasteiger partial charge in [0.25, 0.3) is 0 Å². The van der Waals surface area contributed by atoms with Crippen LogP contribution in [0.2, 0.25) is 0 Å². The fourth-order valence-electron chi connectivity index (χ4n) is 2.52. The van der Waals surface area contributed by atoms with E-state index in [0.29, 0.717) is 19.3 Å². The van der Waals surface area contributed by atoms with Gasteiger partial charge in [0.2, 0.25) is 0 Å². The Kier molecular flexibility index (Phi) is 7.98. The van der Waals surface area contributed by atoms with E-state index in [0.717, 1.165) is 42.9 Å². The van der Waals surface area contributed by atoms with Crippen molar-refractivity contribution in [2.24, 2.45) is 0 Å². The van der Waals surface area contributed by atoms with Gasteiger partial charge in [0, 0.05) is 43.2 Å². The molecule has 0 radical (unpaired) electrons. The summed E-state index contributed by atoms with van der Waals surface area (Å²) < 4.78 is 11.0. The van der Waals surface area contributed by atoms with Gasteiger partial charge < -0.3 is 20.1 Å². The first kappa shape index (κ1) is 17.6. The molecule has 1 rings (SSSR count). The first-order chi connectivity index (χ1) is 10.2. The van der Waals surface area contributed by atoms with Crippen molar-refractivity contribution in [3.8, 4) is 5.75 Å². The number of rotatable bonds is 10. The van der Waals surface area contributed by atoms with E-state index < -0.39 is 0 Å². The number of hydrogen-bond acceptors (Lipinski definition) is 4. The molecular weight excluding hydrogens is 264 g/mol. The summed E-state index contributed by atoms with van der Waals surface area (Å²) in [5.41, 5.74) is 7.90. The van der Waals surface area contributed by atoms with Gasteiger partial charge in [-0.05, 0) is 25.3 Å². The molecule has 0 aromatic heterocycles. The molecule has 1 aromatic carbocycles. The zero-order chi connectivity index (χ0) is 15.7. The molecule has 120 valence electrons. The van der Waals surface area contributed by atoms with Crippen molar-refractivity contribution in [2.75, 3.05) is 37.5 Å². The van der Waals surface area contributed by atoms with Crippen LogP contribution < -0.4 is 15.4 Å². The standard InChI is InChI=1S/C17H30N2O2/c1-5-9-21-17-12-14(18)11-16(13-17)19(8-10-20-4)15(6-2)7-3/h11-13,15H,5-10,18H2,1-4H3. The summed E-state index contributed by atoms with van der Waals surface area (Å²) in [6.45, 7) is 8.81. The second kappa shape index (κ2) is 9.50. The fraction of sp³-hybridized carbons (Fsp3) is 0.647. The lowest BCUT2D eigenvalue weighted by Crippen LogP contribution is -2.37. The second-order valence-electron chi connectivity index (χ2n) is 5.27. The van der Waals surface area contributed by atoms with E-state index in [1.165, 1.54) is 0 Å². The Balaban J connectivity index is 3.01. The van der Waals surface area contributed by atoms with Crippen LogP contribution in [0.25, 0.3) is 0 Å². The molecule has 0 saturated heterocycles. The number of ether oxygens (including phenoxy) is 2. The zero-order valence-corrected chi connectivity index (χ0v) is 13.9. The molecule has 0 bridgehead atoms. The highest BCUT2D eigenvalue weighted by Gasteiger charge is 2.16. The third-order valence-electron chi connectivity index (χ3n) is 3.64. The van der Waals surface area contributed by atoms with Gasteiger partial charge >= 0.3 is 0 Å². The summed E-state index contributed by atoms with van der Waals surface area (Å²) in [4.78, 5) is 2.37. The minimum absolute atomic E-state index is 0.487. The SMILES string of the molecule is CCCOc1cc(N)cc(N(CCOC)C(CC)CC)c1. The Bertz CT molecular complexity index is 406. The van der Waals surface area contributed by atoms with E-state index in [2.05, 4.69) is 31.7 Å². The molecule has 2 N–H and O–H groups in total. The maximum atomic E-state index is 6.04. The number of nitrogens with two attached hydrogens (primary N) is 1. The lowest BCUT2D eigenvalue weighted by Gasteiger charge is -2.33. The molecular formula is C17H30N2O2. The largest absolute Gasteiger partial charge is 0.493 e. The minimum Gasteiger partial charge on any atom is -0.493 e. The fourth-order valence-corrected chi connectivity index (χ4v) is 2.52. The summed E-state index contributed by atoms with van der Waals surface area (Å²) in [7, 11) is 1.74. The summed E-state index contributed by atoms with van der Waals surface area (Å²) in [6, 6.07) is 6.48. The minimum atomic E-state index is 0.487. The maximum Gasteiger partial charge on any atom is 0.123 e. The van der Waals surface area contributed by atoms with Crippen molar-refractivity contribution in [2.45, 2.75) is 46.1 Å². The van der Waals surface area contributed by atoms with Crippen molar-refractivity contribution in [1.29, 1.82) is 0 Å². The van der Waals surface area contributed by atoms with E-state index in [-0.39, 0.29) is 0 Å².